The summed E-state index contributed by atoms with van der Waals surface area (Å²) in [4.78, 5) is 30.8. The third-order valence-electron chi connectivity index (χ3n) is 2.60. The minimum atomic E-state index is -0.388. The summed E-state index contributed by atoms with van der Waals surface area (Å²) < 4.78 is 2.41. The lowest BCUT2D eigenvalue weighted by Crippen LogP contribution is -2.36. The first-order chi connectivity index (χ1) is 8.45. The smallest absolute Gasteiger partial charge is 0.327 e. The third-order valence-corrected chi connectivity index (χ3v) is 4.23. The first-order valence-electron chi connectivity index (χ1n) is 5.34. The number of hydrogen-bond acceptors (Lipinski definition) is 4. The highest BCUT2D eigenvalue weighted by molar-refractivity contribution is 7.99. The summed E-state index contributed by atoms with van der Waals surface area (Å²) in [5, 5.41) is 0.768. The maximum Gasteiger partial charge on any atom is 0.332 e. The van der Waals surface area contributed by atoms with Crippen LogP contribution in [0.1, 0.15) is 6.92 Å². The van der Waals surface area contributed by atoms with E-state index in [1.165, 1.54) is 23.4 Å². The predicted molar refractivity (Wildman–Crippen MR) is 72.6 cm³/mol. The largest absolute Gasteiger partial charge is 0.332 e. The van der Waals surface area contributed by atoms with Crippen molar-refractivity contribution in [2.24, 2.45) is 14.1 Å². The molecule has 1 atom stereocenters. The molecule has 98 valence electrons. The van der Waals surface area contributed by atoms with Gasteiger partial charge in [0.05, 0.1) is 0 Å². The van der Waals surface area contributed by atoms with Crippen molar-refractivity contribution in [3.63, 3.8) is 0 Å². The van der Waals surface area contributed by atoms with Crippen LogP contribution in [0.5, 0.6) is 0 Å². The average Bonchev–Trinajstić information content (AvgIpc) is 2.77. The molecular formula is C10H13ClN4O2S. The number of aromatic nitrogens is 4. The Balaban J connectivity index is 2.65. The fourth-order valence-electron chi connectivity index (χ4n) is 1.58. The first kappa shape index (κ1) is 13.2. The summed E-state index contributed by atoms with van der Waals surface area (Å²) in [5.74, 6) is 0.485. The van der Waals surface area contributed by atoms with E-state index in [2.05, 4.69) is 9.97 Å². The van der Waals surface area contributed by atoms with E-state index in [0.29, 0.717) is 22.2 Å². The second kappa shape index (κ2) is 4.81. The molecule has 0 aliphatic rings. The van der Waals surface area contributed by atoms with Crippen LogP contribution in [-0.2, 0) is 14.1 Å². The molecule has 18 heavy (non-hydrogen) atoms. The van der Waals surface area contributed by atoms with Crippen LogP contribution >= 0.6 is 23.4 Å². The van der Waals surface area contributed by atoms with E-state index < -0.39 is 0 Å². The zero-order valence-electron chi connectivity index (χ0n) is 10.2. The quantitative estimate of drug-likeness (QED) is 0.666. The average molecular weight is 289 g/mol. The standard InChI is InChI=1S/C10H13ClN4O2S/c1-5(4-11)18-9-12-6-7(13-9)14(2)10(17)15(3)8(6)16/h5H,4H2,1-3H3,(H,12,13). The number of nitrogens with zero attached hydrogens (tertiary/aromatic N) is 3. The van der Waals surface area contributed by atoms with Crippen molar-refractivity contribution in [1.29, 1.82) is 0 Å². The van der Waals surface area contributed by atoms with E-state index in [0.717, 1.165) is 4.57 Å². The van der Waals surface area contributed by atoms with E-state index >= 15 is 0 Å². The Bertz CT molecular complexity index is 702. The molecule has 2 rings (SSSR count). The fourth-order valence-corrected chi connectivity index (χ4v) is 2.52. The van der Waals surface area contributed by atoms with Crippen molar-refractivity contribution in [1.82, 2.24) is 19.1 Å². The van der Waals surface area contributed by atoms with Crippen LogP contribution in [0.3, 0.4) is 0 Å². The number of aryl methyl sites for hydroxylation is 1. The van der Waals surface area contributed by atoms with Gasteiger partial charge in [-0.1, -0.05) is 18.7 Å². The van der Waals surface area contributed by atoms with E-state index in [1.54, 1.807) is 7.05 Å². The van der Waals surface area contributed by atoms with Crippen molar-refractivity contribution in [3.05, 3.63) is 20.8 Å². The first-order valence-corrected chi connectivity index (χ1v) is 6.75. The molecule has 0 radical (unpaired) electrons. The lowest BCUT2D eigenvalue weighted by atomic mass is 10.5. The molecule has 2 heterocycles. The molecule has 0 aliphatic carbocycles. The molecule has 0 fully saturated rings. The Morgan fingerprint density at radius 2 is 2.06 bits per heavy atom. The number of rotatable bonds is 3. The lowest BCUT2D eigenvalue weighted by Gasteiger charge is -2.01. The number of halogens is 1. The van der Waals surface area contributed by atoms with Gasteiger partial charge in [-0.3, -0.25) is 13.9 Å². The fraction of sp³-hybridized carbons (Fsp3) is 0.500. The minimum absolute atomic E-state index is 0.174. The molecule has 2 aromatic heterocycles. The lowest BCUT2D eigenvalue weighted by molar-refractivity contribution is 0.708. The van der Waals surface area contributed by atoms with Crippen LogP contribution < -0.4 is 11.2 Å². The van der Waals surface area contributed by atoms with Crippen molar-refractivity contribution < 1.29 is 0 Å². The second-order valence-electron chi connectivity index (χ2n) is 4.03. The van der Waals surface area contributed by atoms with Crippen molar-refractivity contribution in [2.45, 2.75) is 17.3 Å². The van der Waals surface area contributed by atoms with Gasteiger partial charge < -0.3 is 4.98 Å². The van der Waals surface area contributed by atoms with Gasteiger partial charge in [-0.2, -0.15) is 0 Å². The van der Waals surface area contributed by atoms with Crippen LogP contribution in [-0.4, -0.2) is 30.2 Å². The van der Waals surface area contributed by atoms with Gasteiger partial charge in [-0.25, -0.2) is 9.78 Å². The number of alkyl halides is 1. The summed E-state index contributed by atoms with van der Waals surface area (Å²) in [6, 6.07) is 0. The molecule has 1 unspecified atom stereocenters. The Morgan fingerprint density at radius 3 is 2.67 bits per heavy atom. The van der Waals surface area contributed by atoms with Crippen LogP contribution in [0.25, 0.3) is 11.2 Å². The molecule has 2 aromatic rings. The zero-order valence-corrected chi connectivity index (χ0v) is 11.8. The normalized spacial score (nSPS) is 13.1. The van der Waals surface area contributed by atoms with Crippen LogP contribution in [0.15, 0.2) is 14.7 Å². The Kier molecular flexibility index (Phi) is 3.54. The number of fused-ring (bicyclic) bond motifs is 1. The molecule has 1 N–H and O–H groups in total. The van der Waals surface area contributed by atoms with Gasteiger partial charge in [-0.15, -0.1) is 11.6 Å². The van der Waals surface area contributed by atoms with Crippen LogP contribution in [0.4, 0.5) is 0 Å². The van der Waals surface area contributed by atoms with Crippen molar-refractivity contribution >= 4 is 34.5 Å². The Hall–Kier alpha value is -1.21. The minimum Gasteiger partial charge on any atom is -0.327 e. The number of nitrogens with one attached hydrogen (secondary N) is 1. The van der Waals surface area contributed by atoms with Gasteiger partial charge in [0.1, 0.15) is 0 Å². The van der Waals surface area contributed by atoms with Gasteiger partial charge >= 0.3 is 5.69 Å². The van der Waals surface area contributed by atoms with Crippen molar-refractivity contribution in [2.75, 3.05) is 5.88 Å². The summed E-state index contributed by atoms with van der Waals surface area (Å²) >= 11 is 7.17. The highest BCUT2D eigenvalue weighted by atomic mass is 35.5. The SMILES string of the molecule is CC(CCl)Sc1nc2c([nH]1)c(=O)n(C)c(=O)n2C. The highest BCUT2D eigenvalue weighted by Crippen LogP contribution is 2.22. The molecule has 0 saturated carbocycles. The Labute approximate surface area is 112 Å². The molecule has 0 saturated heterocycles. The van der Waals surface area contributed by atoms with Gasteiger partial charge in [0, 0.05) is 25.2 Å². The predicted octanol–water partition coefficient (Wildman–Crippen LogP) is 0.680. The molecule has 8 heteroatoms. The maximum absolute atomic E-state index is 11.9. The molecular weight excluding hydrogens is 276 g/mol. The molecule has 0 amide bonds. The number of H-pyrrole nitrogens is 1. The monoisotopic (exact) mass is 288 g/mol. The van der Waals surface area contributed by atoms with Crippen LogP contribution in [0, 0.1) is 0 Å². The van der Waals surface area contributed by atoms with Gasteiger partial charge in [0.15, 0.2) is 16.3 Å². The number of aromatic amines is 1. The molecule has 0 bridgehead atoms. The van der Waals surface area contributed by atoms with Gasteiger partial charge in [0.2, 0.25) is 0 Å². The van der Waals surface area contributed by atoms with E-state index in [9.17, 15) is 9.59 Å². The number of thioether (sulfide) groups is 1. The maximum atomic E-state index is 11.9. The molecule has 6 nitrogen and oxygen atoms in total. The summed E-state index contributed by atoms with van der Waals surface area (Å²) in [7, 11) is 3.03. The summed E-state index contributed by atoms with van der Waals surface area (Å²) in [5.41, 5.74) is -0.0526. The van der Waals surface area contributed by atoms with Crippen molar-refractivity contribution in [3.8, 4) is 0 Å². The highest BCUT2D eigenvalue weighted by Gasteiger charge is 2.14. The van der Waals surface area contributed by atoms with Gasteiger partial charge in [-0.05, 0) is 0 Å². The molecule has 0 aromatic carbocycles. The number of imidazole rings is 1. The molecule has 0 aliphatic heterocycles. The van der Waals surface area contributed by atoms with E-state index in [4.69, 9.17) is 11.6 Å². The number of hydrogen-bond donors (Lipinski definition) is 1. The Morgan fingerprint density at radius 1 is 1.39 bits per heavy atom. The summed E-state index contributed by atoms with van der Waals surface area (Å²) in [6.07, 6.45) is 0. The van der Waals surface area contributed by atoms with Gasteiger partial charge in [0.25, 0.3) is 5.56 Å². The second-order valence-corrected chi connectivity index (χ2v) is 5.76. The molecule has 0 spiro atoms. The topological polar surface area (TPSA) is 72.7 Å². The third kappa shape index (κ3) is 2.08. The van der Waals surface area contributed by atoms with E-state index in [1.807, 2.05) is 6.92 Å². The van der Waals surface area contributed by atoms with E-state index in [-0.39, 0.29) is 16.5 Å². The van der Waals surface area contributed by atoms with Crippen LogP contribution in [0.2, 0.25) is 0 Å². The summed E-state index contributed by atoms with van der Waals surface area (Å²) in [6.45, 7) is 1.96. The zero-order chi connectivity index (χ0) is 13.4.